The molecular weight excluding hydrogens is 402 g/mol. The summed E-state index contributed by atoms with van der Waals surface area (Å²) in [5.74, 6) is 0.967. The average Bonchev–Trinajstić information content (AvgIpc) is 3.22. The van der Waals surface area contributed by atoms with Gasteiger partial charge in [0.2, 0.25) is 11.8 Å². The SMILES string of the molecule is NCC1CCC(C(=O)NC(Cc2ccccc2)c2nc3ccc(CC(N)=O)cc3[nH]2)CC1. The number of amides is 2. The molecule has 1 unspecified atom stereocenters. The standard InChI is InChI=1S/C25H31N5O2/c26-15-17-6-9-19(10-7-17)25(32)30-22(12-16-4-2-1-3-5-16)24-28-20-11-8-18(14-23(27)31)13-21(20)29-24/h1-5,8,11,13,17,19,22H,6-7,9-10,12,14-15,26H2,(H2,27,31)(H,28,29)(H,30,32). The van der Waals surface area contributed by atoms with E-state index in [1.54, 1.807) is 0 Å². The third kappa shape index (κ3) is 5.34. The lowest BCUT2D eigenvalue weighted by Gasteiger charge is -2.28. The minimum absolute atomic E-state index is 0.0163. The highest BCUT2D eigenvalue weighted by molar-refractivity contribution is 5.81. The molecule has 1 aliphatic rings. The van der Waals surface area contributed by atoms with Crippen LogP contribution in [-0.2, 0) is 22.4 Å². The molecule has 0 bridgehead atoms. The van der Waals surface area contributed by atoms with Gasteiger partial charge in [0, 0.05) is 5.92 Å². The van der Waals surface area contributed by atoms with Gasteiger partial charge >= 0.3 is 0 Å². The van der Waals surface area contributed by atoms with E-state index in [2.05, 4.69) is 22.4 Å². The van der Waals surface area contributed by atoms with Gasteiger partial charge in [0.25, 0.3) is 0 Å². The Morgan fingerprint density at radius 2 is 1.81 bits per heavy atom. The number of carbonyl (C=O) groups excluding carboxylic acids is 2. The number of carbonyl (C=O) groups is 2. The van der Waals surface area contributed by atoms with Crippen molar-refractivity contribution in [1.82, 2.24) is 15.3 Å². The second-order valence-electron chi connectivity index (χ2n) is 8.82. The third-order valence-electron chi connectivity index (χ3n) is 6.42. The first kappa shape index (κ1) is 22.0. The van der Waals surface area contributed by atoms with Crippen molar-refractivity contribution in [3.05, 3.63) is 65.5 Å². The Balaban J connectivity index is 1.56. The smallest absolute Gasteiger partial charge is 0.223 e. The van der Waals surface area contributed by atoms with E-state index < -0.39 is 0 Å². The molecule has 1 atom stereocenters. The van der Waals surface area contributed by atoms with E-state index in [-0.39, 0.29) is 30.2 Å². The van der Waals surface area contributed by atoms with Crippen LogP contribution in [0, 0.1) is 11.8 Å². The van der Waals surface area contributed by atoms with Crippen LogP contribution in [0.3, 0.4) is 0 Å². The summed E-state index contributed by atoms with van der Waals surface area (Å²) in [6.45, 7) is 0.696. The maximum absolute atomic E-state index is 13.1. The maximum Gasteiger partial charge on any atom is 0.223 e. The van der Waals surface area contributed by atoms with Crippen LogP contribution < -0.4 is 16.8 Å². The number of nitrogens with two attached hydrogens (primary N) is 2. The van der Waals surface area contributed by atoms with Gasteiger partial charge in [-0.1, -0.05) is 36.4 Å². The largest absolute Gasteiger partial charge is 0.369 e. The number of aromatic amines is 1. The van der Waals surface area contributed by atoms with E-state index in [0.717, 1.165) is 47.8 Å². The highest BCUT2D eigenvalue weighted by Crippen LogP contribution is 2.29. The summed E-state index contributed by atoms with van der Waals surface area (Å²) in [4.78, 5) is 32.5. The van der Waals surface area contributed by atoms with Crippen molar-refractivity contribution < 1.29 is 9.59 Å². The van der Waals surface area contributed by atoms with Gasteiger partial charge in [0.15, 0.2) is 0 Å². The number of hydrogen-bond acceptors (Lipinski definition) is 4. The lowest BCUT2D eigenvalue weighted by molar-refractivity contribution is -0.127. The predicted octanol–water partition coefficient (Wildman–Crippen LogP) is 2.76. The van der Waals surface area contributed by atoms with Crippen molar-refractivity contribution in [2.24, 2.45) is 23.3 Å². The molecule has 7 nitrogen and oxygen atoms in total. The van der Waals surface area contributed by atoms with Gasteiger partial charge in [-0.2, -0.15) is 0 Å². The zero-order valence-corrected chi connectivity index (χ0v) is 18.2. The first-order valence-corrected chi connectivity index (χ1v) is 11.3. The molecular formula is C25H31N5O2. The fourth-order valence-corrected chi connectivity index (χ4v) is 4.57. The normalized spacial score (nSPS) is 19.5. The lowest BCUT2D eigenvalue weighted by atomic mass is 9.81. The van der Waals surface area contributed by atoms with Crippen LogP contribution >= 0.6 is 0 Å². The molecule has 0 spiro atoms. The Hall–Kier alpha value is -3.19. The molecule has 1 saturated carbocycles. The summed E-state index contributed by atoms with van der Waals surface area (Å²) in [6, 6.07) is 15.4. The summed E-state index contributed by atoms with van der Waals surface area (Å²) in [5.41, 5.74) is 14.7. The van der Waals surface area contributed by atoms with Crippen LogP contribution in [0.1, 0.15) is 48.7 Å². The lowest BCUT2D eigenvalue weighted by Crippen LogP contribution is -2.37. The van der Waals surface area contributed by atoms with E-state index in [0.29, 0.717) is 24.7 Å². The minimum Gasteiger partial charge on any atom is -0.369 e. The van der Waals surface area contributed by atoms with E-state index in [1.165, 1.54) is 0 Å². The van der Waals surface area contributed by atoms with Crippen LogP contribution in [0.2, 0.25) is 0 Å². The highest BCUT2D eigenvalue weighted by atomic mass is 16.2. The van der Waals surface area contributed by atoms with Gasteiger partial charge in [-0.25, -0.2) is 4.98 Å². The molecule has 0 saturated heterocycles. The number of hydrogen-bond donors (Lipinski definition) is 4. The van der Waals surface area contributed by atoms with Crippen LogP contribution in [-0.4, -0.2) is 28.3 Å². The van der Waals surface area contributed by atoms with Crippen LogP contribution in [0.15, 0.2) is 48.5 Å². The minimum atomic E-state index is -0.373. The van der Waals surface area contributed by atoms with Gasteiger partial charge < -0.3 is 21.8 Å². The van der Waals surface area contributed by atoms with E-state index in [4.69, 9.17) is 16.5 Å². The molecule has 0 aliphatic heterocycles. The molecule has 0 radical (unpaired) electrons. The first-order chi connectivity index (χ1) is 15.5. The quantitative estimate of drug-likeness (QED) is 0.435. The molecule has 4 rings (SSSR count). The first-order valence-electron chi connectivity index (χ1n) is 11.3. The fourth-order valence-electron chi connectivity index (χ4n) is 4.57. The summed E-state index contributed by atoms with van der Waals surface area (Å²) >= 11 is 0. The molecule has 6 N–H and O–H groups in total. The number of fused-ring (bicyclic) bond motifs is 1. The Bertz CT molecular complexity index is 1070. The van der Waals surface area contributed by atoms with Gasteiger partial charge in [-0.15, -0.1) is 0 Å². The topological polar surface area (TPSA) is 127 Å². The van der Waals surface area contributed by atoms with Crippen LogP contribution in [0.25, 0.3) is 11.0 Å². The Labute approximate surface area is 188 Å². The average molecular weight is 434 g/mol. The number of primary amides is 1. The molecule has 168 valence electrons. The highest BCUT2D eigenvalue weighted by Gasteiger charge is 2.28. The molecule has 7 heteroatoms. The molecule has 32 heavy (non-hydrogen) atoms. The zero-order valence-electron chi connectivity index (χ0n) is 18.2. The van der Waals surface area contributed by atoms with Crippen LogP contribution in [0.4, 0.5) is 0 Å². The fraction of sp³-hybridized carbons (Fsp3) is 0.400. The number of rotatable bonds is 8. The van der Waals surface area contributed by atoms with Crippen molar-refractivity contribution >= 4 is 22.8 Å². The summed E-state index contributed by atoms with van der Waals surface area (Å²) in [6.07, 6.45) is 4.58. The predicted molar refractivity (Wildman–Crippen MR) is 125 cm³/mol. The molecule has 1 aliphatic carbocycles. The molecule has 2 amide bonds. The second kappa shape index (κ2) is 9.96. The van der Waals surface area contributed by atoms with Gasteiger partial charge in [0.05, 0.1) is 23.5 Å². The number of benzene rings is 2. The molecule has 1 heterocycles. The van der Waals surface area contributed by atoms with E-state index in [9.17, 15) is 9.59 Å². The van der Waals surface area contributed by atoms with Crippen molar-refractivity contribution in [3.63, 3.8) is 0 Å². The third-order valence-corrected chi connectivity index (χ3v) is 6.42. The number of nitrogens with zero attached hydrogens (tertiary/aromatic N) is 1. The van der Waals surface area contributed by atoms with Crippen LogP contribution in [0.5, 0.6) is 0 Å². The summed E-state index contributed by atoms with van der Waals surface area (Å²) in [5, 5.41) is 3.25. The van der Waals surface area contributed by atoms with Crippen molar-refractivity contribution in [2.45, 2.75) is 44.6 Å². The summed E-state index contributed by atoms with van der Waals surface area (Å²) < 4.78 is 0. The van der Waals surface area contributed by atoms with Gasteiger partial charge in [-0.3, -0.25) is 9.59 Å². The van der Waals surface area contributed by atoms with Gasteiger partial charge in [-0.05, 0) is 67.8 Å². The number of imidazole rings is 1. The Kier molecular flexibility index (Phi) is 6.85. The molecule has 1 aromatic heterocycles. The molecule has 1 fully saturated rings. The maximum atomic E-state index is 13.1. The van der Waals surface area contributed by atoms with Gasteiger partial charge in [0.1, 0.15) is 5.82 Å². The van der Waals surface area contributed by atoms with Crippen molar-refractivity contribution in [2.75, 3.05) is 6.54 Å². The monoisotopic (exact) mass is 433 g/mol. The number of aromatic nitrogens is 2. The molecule has 2 aromatic carbocycles. The summed E-state index contributed by atoms with van der Waals surface area (Å²) in [7, 11) is 0. The zero-order chi connectivity index (χ0) is 22.5. The molecule has 3 aromatic rings. The Morgan fingerprint density at radius 1 is 1.06 bits per heavy atom. The van der Waals surface area contributed by atoms with Crippen molar-refractivity contribution in [3.8, 4) is 0 Å². The second-order valence-corrected chi connectivity index (χ2v) is 8.82. The van der Waals surface area contributed by atoms with E-state index in [1.807, 2.05) is 36.4 Å². The number of H-pyrrole nitrogens is 1. The van der Waals surface area contributed by atoms with E-state index >= 15 is 0 Å². The van der Waals surface area contributed by atoms with Crippen molar-refractivity contribution in [1.29, 1.82) is 0 Å². The number of nitrogens with one attached hydrogen (secondary N) is 2. The Morgan fingerprint density at radius 3 is 2.50 bits per heavy atom.